The van der Waals surface area contributed by atoms with Crippen LogP contribution in [0.5, 0.6) is 0 Å². The molecule has 1 fully saturated rings. The fourth-order valence-electron chi connectivity index (χ4n) is 3.52. The molecule has 1 aromatic carbocycles. The number of sulfone groups is 1. The first-order valence-corrected chi connectivity index (χ1v) is 10.4. The second-order valence-corrected chi connectivity index (χ2v) is 9.01. The van der Waals surface area contributed by atoms with Crippen LogP contribution in [0.2, 0.25) is 0 Å². The second-order valence-electron chi connectivity index (χ2n) is 6.74. The minimum absolute atomic E-state index is 0.0517. The summed E-state index contributed by atoms with van der Waals surface area (Å²) in [5.74, 6) is 0. The van der Waals surface area contributed by atoms with Gasteiger partial charge in [0.05, 0.1) is 11.4 Å². The Kier molecular flexibility index (Phi) is 5.06. The van der Waals surface area contributed by atoms with E-state index >= 15 is 0 Å². The summed E-state index contributed by atoms with van der Waals surface area (Å²) in [6, 6.07) is 8.37. The van der Waals surface area contributed by atoms with E-state index in [0.717, 1.165) is 42.4 Å². The van der Waals surface area contributed by atoms with E-state index in [2.05, 4.69) is 28.6 Å². The molecule has 2 unspecified atom stereocenters. The normalized spacial score (nSPS) is 21.8. The Bertz CT molecular complexity index is 798. The summed E-state index contributed by atoms with van der Waals surface area (Å²) in [7, 11) is -1.10. The molecule has 24 heavy (non-hydrogen) atoms. The van der Waals surface area contributed by atoms with Crippen LogP contribution in [0.1, 0.15) is 31.2 Å². The van der Waals surface area contributed by atoms with E-state index in [9.17, 15) is 8.42 Å². The van der Waals surface area contributed by atoms with Gasteiger partial charge in [-0.05, 0) is 30.0 Å². The maximum Gasteiger partial charge on any atom is 0.151 e. The van der Waals surface area contributed by atoms with Crippen LogP contribution in [0.15, 0.2) is 36.7 Å². The summed E-state index contributed by atoms with van der Waals surface area (Å²) in [5.41, 5.74) is 3.38. The second kappa shape index (κ2) is 7.07. The molecule has 1 saturated carbocycles. The van der Waals surface area contributed by atoms with Crippen molar-refractivity contribution in [2.45, 2.75) is 43.5 Å². The highest BCUT2D eigenvalue weighted by molar-refractivity contribution is 7.91. The first-order chi connectivity index (χ1) is 11.4. The number of hydrogen-bond acceptors (Lipinski definition) is 4. The molecule has 0 bridgehead atoms. The number of aromatic nitrogens is 2. The van der Waals surface area contributed by atoms with Crippen LogP contribution in [0.25, 0.3) is 11.1 Å². The predicted molar refractivity (Wildman–Crippen MR) is 96.4 cm³/mol. The van der Waals surface area contributed by atoms with Crippen LogP contribution in [-0.4, -0.2) is 35.7 Å². The molecular weight excluding hydrogens is 322 g/mol. The summed E-state index contributed by atoms with van der Waals surface area (Å²) in [6.45, 7) is 0.685. The SMILES string of the molecule is Cn1cc(-c2cccc(CNC3CCCCC3S(C)(=O)=O)c2)cn1. The molecule has 5 nitrogen and oxygen atoms in total. The topological polar surface area (TPSA) is 64.0 Å². The molecule has 130 valence electrons. The minimum Gasteiger partial charge on any atom is -0.309 e. The Labute approximate surface area is 144 Å². The van der Waals surface area contributed by atoms with Crippen LogP contribution >= 0.6 is 0 Å². The number of nitrogens with zero attached hydrogens (tertiary/aromatic N) is 2. The standard InChI is InChI=1S/C18H25N3O2S/c1-21-13-16(12-20-21)15-7-5-6-14(10-15)11-19-17-8-3-4-9-18(17)24(2,22)23/h5-7,10,12-13,17-19H,3-4,8-9,11H2,1-2H3. The molecule has 1 N–H and O–H groups in total. The molecular formula is C18H25N3O2S. The highest BCUT2D eigenvalue weighted by Crippen LogP contribution is 2.25. The zero-order valence-corrected chi connectivity index (χ0v) is 15.1. The minimum atomic E-state index is -3.00. The molecule has 1 aromatic heterocycles. The van der Waals surface area contributed by atoms with Gasteiger partial charge in [-0.15, -0.1) is 0 Å². The zero-order valence-electron chi connectivity index (χ0n) is 14.3. The summed E-state index contributed by atoms with van der Waals surface area (Å²) in [5, 5.41) is 7.44. The van der Waals surface area contributed by atoms with E-state index < -0.39 is 9.84 Å². The average molecular weight is 347 g/mol. The van der Waals surface area contributed by atoms with Crippen LogP contribution in [0.4, 0.5) is 0 Å². The fourth-order valence-corrected chi connectivity index (χ4v) is 4.95. The van der Waals surface area contributed by atoms with E-state index in [0.29, 0.717) is 6.54 Å². The first-order valence-electron chi connectivity index (χ1n) is 8.44. The Morgan fingerprint density at radius 1 is 1.25 bits per heavy atom. The Balaban J connectivity index is 1.70. The first kappa shape index (κ1) is 17.2. The molecule has 2 aromatic rings. The van der Waals surface area contributed by atoms with Gasteiger partial charge in [0.15, 0.2) is 9.84 Å². The van der Waals surface area contributed by atoms with Crippen LogP contribution in [0, 0.1) is 0 Å². The van der Waals surface area contributed by atoms with Gasteiger partial charge >= 0.3 is 0 Å². The van der Waals surface area contributed by atoms with Gasteiger partial charge in [-0.25, -0.2) is 8.42 Å². The van der Waals surface area contributed by atoms with E-state index in [1.165, 1.54) is 6.26 Å². The van der Waals surface area contributed by atoms with Crippen molar-refractivity contribution in [3.05, 3.63) is 42.2 Å². The number of benzene rings is 1. The summed E-state index contributed by atoms with van der Waals surface area (Å²) < 4.78 is 25.8. The van der Waals surface area contributed by atoms with Gasteiger partial charge in [-0.1, -0.05) is 31.0 Å². The van der Waals surface area contributed by atoms with Gasteiger partial charge in [0.1, 0.15) is 0 Å². The third-order valence-electron chi connectivity index (χ3n) is 4.79. The third kappa shape index (κ3) is 4.05. The van der Waals surface area contributed by atoms with Crippen molar-refractivity contribution >= 4 is 9.84 Å². The predicted octanol–water partition coefficient (Wildman–Crippen LogP) is 2.53. The van der Waals surface area contributed by atoms with Gasteiger partial charge in [-0.3, -0.25) is 4.68 Å². The largest absolute Gasteiger partial charge is 0.309 e. The summed E-state index contributed by atoms with van der Waals surface area (Å²) in [6.07, 6.45) is 9.01. The van der Waals surface area contributed by atoms with Crippen molar-refractivity contribution in [3.63, 3.8) is 0 Å². The van der Waals surface area contributed by atoms with Crippen LogP contribution in [0.3, 0.4) is 0 Å². The van der Waals surface area contributed by atoms with Crippen molar-refractivity contribution in [2.24, 2.45) is 7.05 Å². The van der Waals surface area contributed by atoms with Gasteiger partial charge < -0.3 is 5.32 Å². The number of hydrogen-bond donors (Lipinski definition) is 1. The molecule has 1 aliphatic carbocycles. The van der Waals surface area contributed by atoms with Crippen molar-refractivity contribution < 1.29 is 8.42 Å². The zero-order chi connectivity index (χ0) is 17.2. The lowest BCUT2D eigenvalue weighted by Crippen LogP contribution is -2.45. The number of nitrogens with one attached hydrogen (secondary N) is 1. The summed E-state index contributed by atoms with van der Waals surface area (Å²) >= 11 is 0. The van der Waals surface area contributed by atoms with E-state index in [1.54, 1.807) is 4.68 Å². The lowest BCUT2D eigenvalue weighted by molar-refractivity contribution is 0.370. The smallest absolute Gasteiger partial charge is 0.151 e. The number of rotatable bonds is 5. The average Bonchev–Trinajstić information content (AvgIpc) is 2.99. The molecule has 2 atom stereocenters. The van der Waals surface area contributed by atoms with Crippen molar-refractivity contribution in [1.82, 2.24) is 15.1 Å². The highest BCUT2D eigenvalue weighted by Gasteiger charge is 2.32. The van der Waals surface area contributed by atoms with Gasteiger partial charge in [0.2, 0.25) is 0 Å². The van der Waals surface area contributed by atoms with Crippen molar-refractivity contribution in [2.75, 3.05) is 6.26 Å². The molecule has 1 aliphatic rings. The molecule has 0 amide bonds. The van der Waals surface area contributed by atoms with E-state index in [-0.39, 0.29) is 11.3 Å². The number of aryl methyl sites for hydroxylation is 1. The lowest BCUT2D eigenvalue weighted by atomic mass is 9.94. The molecule has 0 radical (unpaired) electrons. The van der Waals surface area contributed by atoms with Crippen molar-refractivity contribution in [1.29, 1.82) is 0 Å². The highest BCUT2D eigenvalue weighted by atomic mass is 32.2. The molecule has 3 rings (SSSR count). The fraction of sp³-hybridized carbons (Fsp3) is 0.500. The van der Waals surface area contributed by atoms with Crippen LogP contribution in [-0.2, 0) is 23.4 Å². The van der Waals surface area contributed by atoms with Crippen LogP contribution < -0.4 is 5.32 Å². The Morgan fingerprint density at radius 3 is 2.75 bits per heavy atom. The van der Waals surface area contributed by atoms with E-state index in [4.69, 9.17) is 0 Å². The quantitative estimate of drug-likeness (QED) is 0.903. The molecule has 0 spiro atoms. The summed E-state index contributed by atoms with van der Waals surface area (Å²) in [4.78, 5) is 0. The molecule has 0 saturated heterocycles. The lowest BCUT2D eigenvalue weighted by Gasteiger charge is -2.31. The third-order valence-corrected chi connectivity index (χ3v) is 6.45. The van der Waals surface area contributed by atoms with Gasteiger partial charge in [0, 0.05) is 37.7 Å². The monoisotopic (exact) mass is 347 g/mol. The van der Waals surface area contributed by atoms with Gasteiger partial charge in [-0.2, -0.15) is 5.10 Å². The molecule has 0 aliphatic heterocycles. The van der Waals surface area contributed by atoms with Crippen molar-refractivity contribution in [3.8, 4) is 11.1 Å². The maximum absolute atomic E-state index is 12.0. The van der Waals surface area contributed by atoms with Gasteiger partial charge in [0.25, 0.3) is 0 Å². The maximum atomic E-state index is 12.0. The Hall–Kier alpha value is -1.66. The van der Waals surface area contributed by atoms with E-state index in [1.807, 2.05) is 25.5 Å². The molecule has 6 heteroatoms. The Morgan fingerprint density at radius 2 is 2.04 bits per heavy atom. The molecule has 1 heterocycles.